The van der Waals surface area contributed by atoms with Crippen LogP contribution in [-0.2, 0) is 15.8 Å². The molecule has 1 aliphatic heterocycles. The first kappa shape index (κ1) is 16.2. The van der Waals surface area contributed by atoms with Gasteiger partial charge in [0.1, 0.15) is 0 Å². The molecule has 2 rings (SSSR count). The second kappa shape index (κ2) is 5.88. The zero-order valence-electron chi connectivity index (χ0n) is 10.9. The van der Waals surface area contributed by atoms with E-state index in [0.717, 1.165) is 22.7 Å². The minimum absolute atomic E-state index is 0.0358. The first-order valence-corrected chi connectivity index (χ1v) is 7.29. The van der Waals surface area contributed by atoms with Crippen molar-refractivity contribution in [2.24, 2.45) is 0 Å². The molecule has 0 radical (unpaired) electrons. The number of hydrogen-bond acceptors (Lipinski definition) is 3. The number of alkyl halides is 3. The highest BCUT2D eigenvalue weighted by molar-refractivity contribution is 8.14. The van der Waals surface area contributed by atoms with Crippen LogP contribution < -0.4 is 4.90 Å². The first-order valence-electron chi connectivity index (χ1n) is 6.03. The molecule has 1 aliphatic rings. The molecule has 0 saturated carbocycles. The van der Waals surface area contributed by atoms with Gasteiger partial charge in [-0.2, -0.15) is 13.2 Å². The van der Waals surface area contributed by atoms with Gasteiger partial charge in [-0.15, -0.1) is 0 Å². The van der Waals surface area contributed by atoms with E-state index in [1.165, 1.54) is 19.1 Å². The topological polar surface area (TPSA) is 37.4 Å². The maximum absolute atomic E-state index is 13.1. The summed E-state index contributed by atoms with van der Waals surface area (Å²) in [5.74, 6) is -0.443. The van der Waals surface area contributed by atoms with Crippen molar-refractivity contribution in [1.29, 1.82) is 0 Å². The number of benzene rings is 1. The molecular weight excluding hydrogens is 327 g/mol. The lowest BCUT2D eigenvalue weighted by Crippen LogP contribution is -2.28. The Morgan fingerprint density at radius 1 is 1.43 bits per heavy atom. The maximum atomic E-state index is 13.1. The number of nitrogens with zero attached hydrogens (tertiary/aromatic N) is 1. The van der Waals surface area contributed by atoms with Crippen LogP contribution in [0.1, 0.15) is 18.9 Å². The minimum Gasteiger partial charge on any atom is -0.311 e. The average Bonchev–Trinajstić information content (AvgIpc) is 2.67. The summed E-state index contributed by atoms with van der Waals surface area (Å²) in [5, 5.41) is -0.956. The van der Waals surface area contributed by atoms with Crippen LogP contribution in [0.15, 0.2) is 18.2 Å². The molecule has 1 aromatic carbocycles. The van der Waals surface area contributed by atoms with Crippen molar-refractivity contribution in [3.63, 3.8) is 0 Å². The summed E-state index contributed by atoms with van der Waals surface area (Å²) in [5.41, 5.74) is -1.28. The summed E-state index contributed by atoms with van der Waals surface area (Å²) in [6.45, 7) is 1.42. The van der Waals surface area contributed by atoms with Gasteiger partial charge in [-0.3, -0.25) is 9.59 Å². The van der Waals surface area contributed by atoms with Gasteiger partial charge in [0.05, 0.1) is 16.3 Å². The van der Waals surface area contributed by atoms with E-state index in [1.54, 1.807) is 0 Å². The standard InChI is InChI=1S/C13H11ClF3NO2S/c1-7(19)21-8-5-11(20)18(6-8)10-4-2-3-9(14)12(10)13(15,16)17/h2-4,8H,5-6H2,1H3. The fourth-order valence-corrected chi connectivity index (χ4v) is 3.44. The lowest BCUT2D eigenvalue weighted by atomic mass is 10.1. The van der Waals surface area contributed by atoms with Crippen molar-refractivity contribution in [2.45, 2.75) is 24.8 Å². The van der Waals surface area contributed by atoms with Crippen LogP contribution in [0.4, 0.5) is 18.9 Å². The van der Waals surface area contributed by atoms with E-state index in [2.05, 4.69) is 0 Å². The number of hydrogen-bond donors (Lipinski definition) is 0. The predicted octanol–water partition coefficient (Wildman–Crippen LogP) is 3.74. The van der Waals surface area contributed by atoms with Crippen LogP contribution in [0.5, 0.6) is 0 Å². The van der Waals surface area contributed by atoms with E-state index >= 15 is 0 Å². The highest BCUT2D eigenvalue weighted by atomic mass is 35.5. The molecule has 1 atom stereocenters. The number of carbonyl (C=O) groups is 2. The molecule has 0 aliphatic carbocycles. The second-order valence-electron chi connectivity index (χ2n) is 4.57. The van der Waals surface area contributed by atoms with E-state index < -0.39 is 22.7 Å². The van der Waals surface area contributed by atoms with Crippen LogP contribution in [0.2, 0.25) is 5.02 Å². The molecule has 0 spiro atoms. The third kappa shape index (κ3) is 3.52. The number of anilines is 1. The average molecular weight is 338 g/mol. The molecule has 21 heavy (non-hydrogen) atoms. The van der Waals surface area contributed by atoms with Crippen molar-refractivity contribution in [2.75, 3.05) is 11.4 Å². The van der Waals surface area contributed by atoms with Gasteiger partial charge in [0.25, 0.3) is 0 Å². The second-order valence-corrected chi connectivity index (χ2v) is 6.46. The Morgan fingerprint density at radius 2 is 2.10 bits per heavy atom. The number of carbonyl (C=O) groups excluding carboxylic acids is 2. The van der Waals surface area contributed by atoms with Crippen LogP contribution in [0, 0.1) is 0 Å². The van der Waals surface area contributed by atoms with Crippen molar-refractivity contribution in [3.05, 3.63) is 28.8 Å². The summed E-state index contributed by atoms with van der Waals surface area (Å²) in [6, 6.07) is 3.72. The third-order valence-electron chi connectivity index (χ3n) is 2.99. The molecule has 3 nitrogen and oxygen atoms in total. The molecule has 1 heterocycles. The maximum Gasteiger partial charge on any atom is 0.419 e. The number of halogens is 4. The molecule has 1 aromatic rings. The lowest BCUT2D eigenvalue weighted by molar-refractivity contribution is -0.137. The van der Waals surface area contributed by atoms with E-state index in [0.29, 0.717) is 0 Å². The van der Waals surface area contributed by atoms with Gasteiger partial charge >= 0.3 is 6.18 Å². The smallest absolute Gasteiger partial charge is 0.311 e. The number of thioether (sulfide) groups is 1. The molecule has 8 heteroatoms. The Kier molecular flexibility index (Phi) is 4.53. The fraction of sp³-hybridized carbons (Fsp3) is 0.385. The quantitative estimate of drug-likeness (QED) is 0.825. The summed E-state index contributed by atoms with van der Waals surface area (Å²) in [7, 11) is 0. The zero-order chi connectivity index (χ0) is 15.8. The summed E-state index contributed by atoms with van der Waals surface area (Å²) in [6.07, 6.45) is -4.62. The molecule has 114 valence electrons. The van der Waals surface area contributed by atoms with E-state index in [4.69, 9.17) is 11.6 Å². The minimum atomic E-state index is -4.65. The molecule has 1 saturated heterocycles. The molecule has 1 amide bonds. The van der Waals surface area contributed by atoms with Crippen molar-refractivity contribution < 1.29 is 22.8 Å². The number of rotatable bonds is 2. The number of amides is 1. The van der Waals surface area contributed by atoms with Crippen LogP contribution in [0.3, 0.4) is 0 Å². The van der Waals surface area contributed by atoms with Crippen molar-refractivity contribution in [1.82, 2.24) is 0 Å². The van der Waals surface area contributed by atoms with Gasteiger partial charge < -0.3 is 4.90 Å². The molecule has 1 unspecified atom stereocenters. The Morgan fingerprint density at radius 3 is 2.67 bits per heavy atom. The largest absolute Gasteiger partial charge is 0.419 e. The first-order chi connectivity index (χ1) is 9.70. The van der Waals surface area contributed by atoms with Gasteiger partial charge in [-0.25, -0.2) is 0 Å². The van der Waals surface area contributed by atoms with Crippen LogP contribution in [0.25, 0.3) is 0 Å². The van der Waals surface area contributed by atoms with Crippen LogP contribution in [-0.4, -0.2) is 22.8 Å². The molecular formula is C13H11ClF3NO2S. The Labute approximate surface area is 128 Å². The summed E-state index contributed by atoms with van der Waals surface area (Å²) in [4.78, 5) is 24.1. The molecule has 0 bridgehead atoms. The van der Waals surface area contributed by atoms with Gasteiger partial charge in [0.15, 0.2) is 5.12 Å². The molecule has 1 fully saturated rings. The molecule has 0 aromatic heterocycles. The normalized spacial score (nSPS) is 19.2. The predicted molar refractivity (Wildman–Crippen MR) is 75.5 cm³/mol. The van der Waals surface area contributed by atoms with Crippen molar-refractivity contribution >= 4 is 40.1 Å². The van der Waals surface area contributed by atoms with Gasteiger partial charge in [-0.1, -0.05) is 29.4 Å². The highest BCUT2D eigenvalue weighted by Crippen LogP contribution is 2.42. The van der Waals surface area contributed by atoms with Crippen LogP contribution >= 0.6 is 23.4 Å². The van der Waals surface area contributed by atoms with E-state index in [1.807, 2.05) is 0 Å². The van der Waals surface area contributed by atoms with E-state index in [9.17, 15) is 22.8 Å². The Bertz CT molecular complexity index is 591. The van der Waals surface area contributed by atoms with Gasteiger partial charge in [0, 0.05) is 25.1 Å². The Balaban J connectivity index is 2.37. The third-order valence-corrected chi connectivity index (χ3v) is 4.28. The van der Waals surface area contributed by atoms with Gasteiger partial charge in [-0.05, 0) is 12.1 Å². The fourth-order valence-electron chi connectivity index (χ4n) is 2.24. The Hall–Kier alpha value is -1.21. The zero-order valence-corrected chi connectivity index (χ0v) is 12.5. The summed E-state index contributed by atoms with van der Waals surface area (Å²) < 4.78 is 39.3. The monoisotopic (exact) mass is 337 g/mol. The SMILES string of the molecule is CC(=O)SC1CC(=O)N(c2cccc(Cl)c2C(F)(F)F)C1. The molecule has 0 N–H and O–H groups in total. The van der Waals surface area contributed by atoms with Crippen molar-refractivity contribution in [3.8, 4) is 0 Å². The van der Waals surface area contributed by atoms with Gasteiger partial charge in [0.2, 0.25) is 5.91 Å². The highest BCUT2D eigenvalue weighted by Gasteiger charge is 2.41. The van der Waals surface area contributed by atoms with E-state index in [-0.39, 0.29) is 29.0 Å². The summed E-state index contributed by atoms with van der Waals surface area (Å²) >= 11 is 6.61. The lowest BCUT2D eigenvalue weighted by Gasteiger charge is -2.22.